The fourth-order valence-corrected chi connectivity index (χ4v) is 4.28. The van der Waals surface area contributed by atoms with E-state index in [-0.39, 0.29) is 0 Å². The summed E-state index contributed by atoms with van der Waals surface area (Å²) in [7, 11) is 0. The summed E-state index contributed by atoms with van der Waals surface area (Å²) >= 11 is 7.30. The third-order valence-corrected chi connectivity index (χ3v) is 5.82. The van der Waals surface area contributed by atoms with Crippen LogP contribution in [0.3, 0.4) is 0 Å². The van der Waals surface area contributed by atoms with E-state index in [4.69, 9.17) is 0 Å². The summed E-state index contributed by atoms with van der Waals surface area (Å²) in [5.74, 6) is 0. The molecule has 90 valence electrons. The molecule has 4 heteroatoms. The molecule has 0 spiro atoms. The smallest absolute Gasteiger partial charge is 0.0701 e. The molecule has 0 radical (unpaired) electrons. The van der Waals surface area contributed by atoms with Crippen molar-refractivity contribution in [1.82, 2.24) is 5.32 Å². The summed E-state index contributed by atoms with van der Waals surface area (Å²) in [6, 6.07) is 2.94. The summed E-state index contributed by atoms with van der Waals surface area (Å²) in [4.78, 5) is 0. The maximum Gasteiger partial charge on any atom is 0.0701 e. The van der Waals surface area contributed by atoms with Gasteiger partial charge in [0.2, 0.25) is 0 Å². The minimum absolute atomic E-state index is 0.727. The van der Waals surface area contributed by atoms with Crippen molar-refractivity contribution >= 4 is 39.0 Å². The van der Waals surface area contributed by atoms with Crippen LogP contribution in [0.1, 0.15) is 31.2 Å². The van der Waals surface area contributed by atoms with Crippen LogP contribution in [0.15, 0.2) is 15.2 Å². The summed E-state index contributed by atoms with van der Waals surface area (Å²) < 4.78 is 1.23. The average molecular weight is 320 g/mol. The molecule has 1 aliphatic rings. The van der Waals surface area contributed by atoms with Gasteiger partial charge < -0.3 is 5.32 Å². The quantitative estimate of drug-likeness (QED) is 0.889. The highest BCUT2D eigenvalue weighted by Gasteiger charge is 2.20. The first kappa shape index (κ1) is 12.9. The van der Waals surface area contributed by atoms with Crippen molar-refractivity contribution in [2.45, 2.75) is 43.5 Å². The number of hydrogen-bond donors (Lipinski definition) is 1. The van der Waals surface area contributed by atoms with Crippen molar-refractivity contribution in [3.63, 3.8) is 0 Å². The Kier molecular flexibility index (Phi) is 5.20. The Labute approximate surface area is 115 Å². The number of hydrogen-bond acceptors (Lipinski definition) is 3. The van der Waals surface area contributed by atoms with Crippen LogP contribution in [0.25, 0.3) is 0 Å². The van der Waals surface area contributed by atoms with E-state index in [1.165, 1.54) is 35.0 Å². The summed E-state index contributed by atoms with van der Waals surface area (Å²) in [6.07, 6.45) is 7.72. The molecule has 1 saturated carbocycles. The highest BCUT2D eigenvalue weighted by molar-refractivity contribution is 9.11. The predicted molar refractivity (Wildman–Crippen MR) is 78.4 cm³/mol. The second-order valence-electron chi connectivity index (χ2n) is 4.36. The zero-order valence-corrected chi connectivity index (χ0v) is 12.8. The Balaban J connectivity index is 1.77. The second-order valence-corrected chi connectivity index (χ2v) is 7.79. The molecule has 1 aliphatic carbocycles. The molecular formula is C12H18BrNS2. The van der Waals surface area contributed by atoms with Gasteiger partial charge in [0, 0.05) is 17.8 Å². The molecule has 1 heterocycles. The highest BCUT2D eigenvalue weighted by atomic mass is 79.9. The van der Waals surface area contributed by atoms with Gasteiger partial charge in [0.15, 0.2) is 0 Å². The lowest BCUT2D eigenvalue weighted by molar-refractivity contribution is 0.380. The van der Waals surface area contributed by atoms with E-state index in [1.54, 1.807) is 11.3 Å². The van der Waals surface area contributed by atoms with E-state index in [1.807, 2.05) is 11.8 Å². The van der Waals surface area contributed by atoms with Gasteiger partial charge in [-0.05, 0) is 58.5 Å². The molecule has 1 N–H and O–H groups in total. The predicted octanol–water partition coefficient (Wildman–Crippen LogP) is 4.27. The van der Waals surface area contributed by atoms with Gasteiger partial charge in [-0.15, -0.1) is 11.3 Å². The fourth-order valence-electron chi connectivity index (χ4n) is 2.25. The van der Waals surface area contributed by atoms with Crippen LogP contribution in [0, 0.1) is 0 Å². The number of thioether (sulfide) groups is 1. The van der Waals surface area contributed by atoms with E-state index in [2.05, 4.69) is 38.9 Å². The highest BCUT2D eigenvalue weighted by Crippen LogP contribution is 2.27. The van der Waals surface area contributed by atoms with Gasteiger partial charge in [0.1, 0.15) is 0 Å². The maximum atomic E-state index is 3.69. The molecule has 2 unspecified atom stereocenters. The number of halogens is 1. The van der Waals surface area contributed by atoms with E-state index in [0.717, 1.165) is 17.8 Å². The normalized spacial score (nSPS) is 25.9. The van der Waals surface area contributed by atoms with Gasteiger partial charge in [-0.2, -0.15) is 11.8 Å². The lowest BCUT2D eigenvalue weighted by Gasteiger charge is -2.28. The van der Waals surface area contributed by atoms with Gasteiger partial charge in [-0.25, -0.2) is 0 Å². The lowest BCUT2D eigenvalue weighted by Crippen LogP contribution is -2.34. The molecule has 1 fully saturated rings. The lowest BCUT2D eigenvalue weighted by atomic mass is 9.95. The molecule has 1 aromatic heterocycles. The van der Waals surface area contributed by atoms with Crippen LogP contribution in [0.2, 0.25) is 0 Å². The first-order valence-electron chi connectivity index (χ1n) is 5.77. The van der Waals surface area contributed by atoms with Gasteiger partial charge >= 0.3 is 0 Å². The van der Waals surface area contributed by atoms with Crippen LogP contribution < -0.4 is 5.32 Å². The largest absolute Gasteiger partial charge is 0.310 e. The number of rotatable bonds is 4. The van der Waals surface area contributed by atoms with Crippen molar-refractivity contribution in [3.05, 3.63) is 20.8 Å². The number of nitrogens with one attached hydrogen (secondary N) is 1. The minimum atomic E-state index is 0.727. The average Bonchev–Trinajstić information content (AvgIpc) is 2.73. The Morgan fingerprint density at radius 1 is 1.56 bits per heavy atom. The van der Waals surface area contributed by atoms with E-state index < -0.39 is 0 Å². The second kappa shape index (κ2) is 6.43. The van der Waals surface area contributed by atoms with Crippen LogP contribution in [0.5, 0.6) is 0 Å². The Hall–Kier alpha value is 0.490. The molecule has 2 atom stereocenters. The molecular weight excluding hydrogens is 302 g/mol. The van der Waals surface area contributed by atoms with Crippen LogP contribution in [-0.4, -0.2) is 17.5 Å². The van der Waals surface area contributed by atoms with E-state index >= 15 is 0 Å². The molecule has 0 saturated heterocycles. The van der Waals surface area contributed by atoms with Gasteiger partial charge in [0.25, 0.3) is 0 Å². The Morgan fingerprint density at radius 3 is 3.12 bits per heavy atom. The van der Waals surface area contributed by atoms with Crippen molar-refractivity contribution in [2.24, 2.45) is 0 Å². The van der Waals surface area contributed by atoms with Crippen molar-refractivity contribution < 1.29 is 0 Å². The van der Waals surface area contributed by atoms with Gasteiger partial charge in [-0.3, -0.25) is 0 Å². The monoisotopic (exact) mass is 319 g/mol. The first-order chi connectivity index (χ1) is 7.78. The van der Waals surface area contributed by atoms with Crippen LogP contribution in [0.4, 0.5) is 0 Å². The first-order valence-corrected chi connectivity index (χ1v) is 8.73. The zero-order valence-electron chi connectivity index (χ0n) is 9.54. The summed E-state index contributed by atoms with van der Waals surface area (Å²) in [5.41, 5.74) is 1.41. The summed E-state index contributed by atoms with van der Waals surface area (Å²) in [5, 5.41) is 6.79. The Morgan fingerprint density at radius 2 is 2.44 bits per heavy atom. The molecule has 0 amide bonds. The number of thiophene rings is 1. The maximum absolute atomic E-state index is 3.69. The third-order valence-electron chi connectivity index (χ3n) is 3.18. The molecule has 16 heavy (non-hydrogen) atoms. The van der Waals surface area contributed by atoms with Crippen molar-refractivity contribution in [1.29, 1.82) is 0 Å². The molecule has 1 aromatic rings. The zero-order chi connectivity index (χ0) is 11.4. The molecule has 0 aromatic carbocycles. The third kappa shape index (κ3) is 3.76. The van der Waals surface area contributed by atoms with Gasteiger partial charge in [-0.1, -0.05) is 6.42 Å². The standard InChI is InChI=1S/C12H18BrNS2/c1-15-11-4-2-3-10(6-11)14-7-9-5-12(13)16-8-9/h5,8,10-11,14H,2-4,6-7H2,1H3. The molecule has 2 rings (SSSR count). The SMILES string of the molecule is CSC1CCCC(NCc2csc(Br)c2)C1. The molecule has 0 aliphatic heterocycles. The van der Waals surface area contributed by atoms with Crippen molar-refractivity contribution in [2.75, 3.05) is 6.26 Å². The van der Waals surface area contributed by atoms with E-state index in [9.17, 15) is 0 Å². The van der Waals surface area contributed by atoms with Crippen molar-refractivity contribution in [3.8, 4) is 0 Å². The Bertz CT molecular complexity index is 327. The molecule has 0 bridgehead atoms. The van der Waals surface area contributed by atoms with Crippen LogP contribution >= 0.6 is 39.0 Å². The minimum Gasteiger partial charge on any atom is -0.310 e. The van der Waals surface area contributed by atoms with E-state index in [0.29, 0.717) is 0 Å². The fraction of sp³-hybridized carbons (Fsp3) is 0.667. The topological polar surface area (TPSA) is 12.0 Å². The van der Waals surface area contributed by atoms with Crippen LogP contribution in [-0.2, 0) is 6.54 Å². The van der Waals surface area contributed by atoms with Gasteiger partial charge in [0.05, 0.1) is 3.79 Å². The molecule has 1 nitrogen and oxygen atoms in total. The summed E-state index contributed by atoms with van der Waals surface area (Å²) in [6.45, 7) is 1.02.